The van der Waals surface area contributed by atoms with Crippen LogP contribution < -0.4 is 19.4 Å². The number of para-hydroxylation sites is 3. The van der Waals surface area contributed by atoms with Crippen molar-refractivity contribution in [1.29, 1.82) is 0 Å². The number of ether oxygens (including phenoxy) is 1. The number of hydrogen-bond acceptors (Lipinski definition) is 7. The third-order valence-corrected chi connectivity index (χ3v) is 27.1. The molecule has 0 bridgehead atoms. The average Bonchev–Trinajstić information content (AvgIpc) is 1.48. The number of thiophene rings is 3. The lowest BCUT2D eigenvalue weighted by Crippen LogP contribution is -2.33. The van der Waals surface area contributed by atoms with E-state index in [-0.39, 0.29) is 0 Å². The Morgan fingerprint density at radius 2 is 0.675 bits per heavy atom. The Morgan fingerprint density at radius 3 is 1.34 bits per heavy atom. The lowest BCUT2D eigenvalue weighted by Gasteiger charge is -2.42. The molecule has 0 fully saturated rings. The van der Waals surface area contributed by atoms with Crippen LogP contribution in [0.5, 0.6) is 11.5 Å². The molecule has 0 saturated carbocycles. The number of anilines is 9. The van der Waals surface area contributed by atoms with Gasteiger partial charge in [0.25, 0.3) is 0 Å². The molecule has 1 unspecified atom stereocenters. The van der Waals surface area contributed by atoms with Crippen molar-refractivity contribution in [2.24, 2.45) is 0 Å². The first kappa shape index (κ1) is 65.9. The van der Waals surface area contributed by atoms with Crippen LogP contribution in [0.4, 0.5) is 51.2 Å². The van der Waals surface area contributed by atoms with Crippen LogP contribution in [0, 0.1) is 0 Å². The van der Waals surface area contributed by atoms with Crippen LogP contribution >= 0.6 is 34.0 Å². The molecule has 534 valence electrons. The maximum Gasteiger partial charge on any atom is 0.156 e. The Morgan fingerprint density at radius 1 is 0.219 bits per heavy atom. The highest BCUT2D eigenvalue weighted by atomic mass is 32.1. The van der Waals surface area contributed by atoms with Gasteiger partial charge in [0.1, 0.15) is 5.75 Å². The van der Waals surface area contributed by atoms with Gasteiger partial charge in [0.2, 0.25) is 0 Å². The molecule has 3 aromatic heterocycles. The van der Waals surface area contributed by atoms with Crippen LogP contribution in [0.3, 0.4) is 0 Å². The van der Waals surface area contributed by atoms with E-state index in [1.807, 2.05) is 34.0 Å². The van der Waals surface area contributed by atoms with E-state index in [4.69, 9.17) is 4.74 Å². The summed E-state index contributed by atoms with van der Waals surface area (Å²) >= 11 is 5.61. The SMILES string of the molecule is c1ccc(-c2ccc(-c3cc(N(c4ccc5c(c4)C4(c6ccccc6-c6ccc(N(c7ccccc7)c7ccc(-c8ccccc8)c8sc9ccccc9c78)cc64)c4cccc(N(c6ccccc6)c6ccc(-c7ccccc7)c7sc8ccccc8c67)c4O5)c4ccc5ccccc5c4)cc4c3sc3ccccc34)cc2)cc1. The second-order valence-electron chi connectivity index (χ2n) is 29.7. The zero-order valence-corrected chi connectivity index (χ0v) is 64.1. The van der Waals surface area contributed by atoms with Gasteiger partial charge in [-0.15, -0.1) is 34.0 Å². The molecule has 1 atom stereocenters. The van der Waals surface area contributed by atoms with Gasteiger partial charge in [-0.3, -0.25) is 0 Å². The van der Waals surface area contributed by atoms with Crippen molar-refractivity contribution in [2.45, 2.75) is 5.41 Å². The van der Waals surface area contributed by atoms with Crippen molar-refractivity contribution in [2.75, 3.05) is 14.7 Å². The number of benzene rings is 18. The number of nitrogens with zero attached hydrogens (tertiary/aromatic N) is 3. The molecule has 23 rings (SSSR count). The largest absolute Gasteiger partial charge is 0.454 e. The van der Waals surface area contributed by atoms with Crippen LogP contribution in [0.25, 0.3) is 127 Å². The summed E-state index contributed by atoms with van der Waals surface area (Å²) in [5, 5.41) is 9.61. The summed E-state index contributed by atoms with van der Waals surface area (Å²) in [6.07, 6.45) is 0. The van der Waals surface area contributed by atoms with E-state index in [0.29, 0.717) is 0 Å². The Labute approximate surface area is 672 Å². The van der Waals surface area contributed by atoms with Crippen LogP contribution in [0.15, 0.2) is 406 Å². The Kier molecular flexibility index (Phi) is 15.4. The van der Waals surface area contributed by atoms with Crippen molar-refractivity contribution < 1.29 is 4.74 Å². The predicted octanol–water partition coefficient (Wildman–Crippen LogP) is 31.5. The Hall–Kier alpha value is -13.9. The highest BCUT2D eigenvalue weighted by Gasteiger charge is 2.53. The summed E-state index contributed by atoms with van der Waals surface area (Å²) in [7, 11) is 0. The molecule has 0 amide bonds. The van der Waals surface area contributed by atoms with E-state index in [1.54, 1.807) is 0 Å². The van der Waals surface area contributed by atoms with E-state index in [0.717, 1.165) is 95.9 Å². The molecule has 114 heavy (non-hydrogen) atoms. The van der Waals surface area contributed by atoms with E-state index < -0.39 is 5.41 Å². The van der Waals surface area contributed by atoms with Crippen LogP contribution in [-0.4, -0.2) is 0 Å². The standard InChI is InChI=1S/C107H67N3OS3/c1-6-27-68(28-7-1)70-49-51-73(52-50-70)88-64-80(65-89-85-40-19-23-46-98(85)112-104(88)89)108(77-54-53-69-29-16-17-34-74(69)63-77)78-56-62-97-93(67-78)107(91-44-26-45-96(103(91)111-97)110(76-37-14-5-15-38-76)95-61-59-82(72-32-10-3-11-33-72)106-102(95)87-42-21-25-48-100(87)114-106)90-43-22-18-39-83(90)84-57-55-79(66-92(84)107)109(75-35-12-4-13-36-75)94-60-58-81(71-30-8-2-9-31-71)105-101(94)86-41-20-24-47-99(86)113-105/h1-67H. The van der Waals surface area contributed by atoms with Gasteiger partial charge >= 0.3 is 0 Å². The highest BCUT2D eigenvalue weighted by Crippen LogP contribution is 2.66. The minimum absolute atomic E-state index is 0.769. The molecule has 4 heterocycles. The molecule has 18 aromatic carbocycles. The maximum absolute atomic E-state index is 8.12. The summed E-state index contributed by atoms with van der Waals surface area (Å²) in [4.78, 5) is 7.51. The molecule has 0 N–H and O–H groups in total. The predicted molar refractivity (Wildman–Crippen MR) is 486 cm³/mol. The van der Waals surface area contributed by atoms with Crippen molar-refractivity contribution in [3.63, 3.8) is 0 Å². The van der Waals surface area contributed by atoms with Gasteiger partial charge in [0.15, 0.2) is 5.75 Å². The van der Waals surface area contributed by atoms with Gasteiger partial charge < -0.3 is 19.4 Å². The first-order valence-corrected chi connectivity index (χ1v) is 41.3. The van der Waals surface area contributed by atoms with Crippen LogP contribution in [0.1, 0.15) is 22.3 Å². The van der Waals surface area contributed by atoms with Gasteiger partial charge in [-0.05, 0) is 187 Å². The zero-order chi connectivity index (χ0) is 75.0. The maximum atomic E-state index is 8.12. The first-order chi connectivity index (χ1) is 56.5. The van der Waals surface area contributed by atoms with E-state index >= 15 is 0 Å². The summed E-state index contributed by atoms with van der Waals surface area (Å²) in [5.41, 5.74) is 24.5. The molecule has 4 nitrogen and oxygen atoms in total. The molecule has 2 aliphatic rings. The lowest BCUT2D eigenvalue weighted by atomic mass is 9.65. The van der Waals surface area contributed by atoms with Crippen molar-refractivity contribution in [3.05, 3.63) is 429 Å². The fourth-order valence-corrected chi connectivity index (χ4v) is 22.2. The van der Waals surface area contributed by atoms with E-state index in [2.05, 4.69) is 421 Å². The molecular formula is C107H67N3OS3. The molecular weight excluding hydrogens is 1440 g/mol. The minimum atomic E-state index is -1.03. The second-order valence-corrected chi connectivity index (χ2v) is 32.8. The van der Waals surface area contributed by atoms with Crippen LogP contribution in [-0.2, 0) is 5.41 Å². The zero-order valence-electron chi connectivity index (χ0n) is 61.7. The molecule has 1 aliphatic heterocycles. The third-order valence-electron chi connectivity index (χ3n) is 23.5. The summed E-state index contributed by atoms with van der Waals surface area (Å²) in [6.45, 7) is 0. The fraction of sp³-hybridized carbons (Fsp3) is 0.00935. The molecule has 7 heteroatoms. The van der Waals surface area contributed by atoms with Gasteiger partial charge in [-0.2, -0.15) is 0 Å². The van der Waals surface area contributed by atoms with Crippen molar-refractivity contribution in [1.82, 2.24) is 0 Å². The monoisotopic (exact) mass is 1510 g/mol. The van der Waals surface area contributed by atoms with E-state index in [9.17, 15) is 0 Å². The third kappa shape index (κ3) is 10.4. The number of rotatable bonds is 13. The molecule has 0 radical (unpaired) electrons. The quantitative estimate of drug-likeness (QED) is 0.115. The van der Waals surface area contributed by atoms with Gasteiger partial charge in [-0.1, -0.05) is 291 Å². The fourth-order valence-electron chi connectivity index (χ4n) is 18.4. The average molecular weight is 1510 g/mol. The van der Waals surface area contributed by atoms with Crippen molar-refractivity contribution >= 4 is 156 Å². The molecule has 21 aromatic rings. The number of fused-ring (bicyclic) bond motifs is 19. The molecule has 0 saturated heterocycles. The summed E-state index contributed by atoms with van der Waals surface area (Å²) in [6, 6.07) is 151. The number of hydrogen-bond donors (Lipinski definition) is 0. The smallest absolute Gasteiger partial charge is 0.156 e. The second kappa shape index (κ2) is 26.7. The molecule has 1 spiro atoms. The summed E-state index contributed by atoms with van der Waals surface area (Å²) < 4.78 is 15.6. The lowest BCUT2D eigenvalue weighted by molar-refractivity contribution is 0.437. The highest BCUT2D eigenvalue weighted by molar-refractivity contribution is 7.27. The topological polar surface area (TPSA) is 19.0 Å². The normalized spacial score (nSPS) is 13.4. The minimum Gasteiger partial charge on any atom is -0.454 e. The van der Waals surface area contributed by atoms with Gasteiger partial charge in [0, 0.05) is 111 Å². The van der Waals surface area contributed by atoms with E-state index in [1.165, 1.54) is 116 Å². The Balaban J connectivity index is 0.808. The Bertz CT molecular complexity index is 7400. The van der Waals surface area contributed by atoms with Crippen LogP contribution in [0.2, 0.25) is 0 Å². The van der Waals surface area contributed by atoms with Gasteiger partial charge in [0.05, 0.1) is 22.5 Å². The summed E-state index contributed by atoms with van der Waals surface area (Å²) in [5.74, 6) is 1.55. The molecule has 1 aliphatic carbocycles. The van der Waals surface area contributed by atoms with Gasteiger partial charge in [-0.25, -0.2) is 0 Å². The first-order valence-electron chi connectivity index (χ1n) is 38.8. The van der Waals surface area contributed by atoms with Crippen molar-refractivity contribution in [3.8, 4) is 67.1 Å².